The van der Waals surface area contributed by atoms with Crippen molar-refractivity contribution in [1.29, 1.82) is 0 Å². The van der Waals surface area contributed by atoms with E-state index in [1.165, 1.54) is 0 Å². The van der Waals surface area contributed by atoms with E-state index in [0.29, 0.717) is 13.0 Å². The van der Waals surface area contributed by atoms with Gasteiger partial charge in [-0.2, -0.15) is 0 Å². The molecule has 4 atom stereocenters. The van der Waals surface area contributed by atoms with E-state index in [1.807, 2.05) is 31.2 Å². The fourth-order valence-electron chi connectivity index (χ4n) is 3.31. The first-order chi connectivity index (χ1) is 11.9. The van der Waals surface area contributed by atoms with E-state index in [9.17, 15) is 10.2 Å². The molecule has 3 rings (SSSR count). The fraction of sp³-hybridized carbons (Fsp3) is 0.400. The molecule has 1 fully saturated rings. The van der Waals surface area contributed by atoms with Gasteiger partial charge in [-0.1, -0.05) is 48.0 Å². The summed E-state index contributed by atoms with van der Waals surface area (Å²) in [7, 11) is 0. The van der Waals surface area contributed by atoms with Gasteiger partial charge in [0.15, 0.2) is 6.29 Å². The molecule has 0 bridgehead atoms. The molecule has 4 nitrogen and oxygen atoms in total. The zero-order valence-electron chi connectivity index (χ0n) is 14.4. The number of benzene rings is 2. The van der Waals surface area contributed by atoms with E-state index >= 15 is 0 Å². The minimum absolute atomic E-state index is 0.349. The Balaban J connectivity index is 1.66. The summed E-state index contributed by atoms with van der Waals surface area (Å²) in [6.07, 6.45) is -1.59. The van der Waals surface area contributed by atoms with E-state index in [-0.39, 0.29) is 0 Å². The van der Waals surface area contributed by atoms with Crippen LogP contribution in [0.2, 0.25) is 5.02 Å². The Morgan fingerprint density at radius 1 is 1.08 bits per heavy atom. The minimum atomic E-state index is -0.858. The van der Waals surface area contributed by atoms with Crippen LogP contribution in [0, 0.1) is 0 Å². The summed E-state index contributed by atoms with van der Waals surface area (Å²) in [5.74, 6) is 0. The summed E-state index contributed by atoms with van der Waals surface area (Å²) in [4.78, 5) is 0. The minimum Gasteiger partial charge on any atom is -0.389 e. The Kier molecular flexibility index (Phi) is 5.46. The molecule has 0 aromatic heterocycles. The molecule has 1 heterocycles. The quantitative estimate of drug-likeness (QED) is 0.781. The van der Waals surface area contributed by atoms with Gasteiger partial charge in [0.05, 0.1) is 12.2 Å². The highest BCUT2D eigenvalue weighted by molar-refractivity contribution is 6.30. The van der Waals surface area contributed by atoms with Gasteiger partial charge < -0.3 is 20.3 Å². The lowest BCUT2D eigenvalue weighted by Gasteiger charge is -2.44. The van der Waals surface area contributed by atoms with E-state index in [2.05, 4.69) is 29.6 Å². The van der Waals surface area contributed by atoms with Crippen molar-refractivity contribution < 1.29 is 14.9 Å². The fourth-order valence-corrected chi connectivity index (χ4v) is 3.44. The van der Waals surface area contributed by atoms with Crippen molar-refractivity contribution in [3.8, 4) is 11.1 Å². The van der Waals surface area contributed by atoms with Crippen molar-refractivity contribution in [2.45, 2.75) is 50.8 Å². The Labute approximate surface area is 153 Å². The number of halogens is 1. The number of ether oxygens (including phenoxy) is 1. The topological polar surface area (TPSA) is 61.7 Å². The van der Waals surface area contributed by atoms with Crippen LogP contribution in [0.5, 0.6) is 0 Å². The molecule has 1 aliphatic heterocycles. The second kappa shape index (κ2) is 7.44. The molecule has 0 saturated carbocycles. The zero-order valence-corrected chi connectivity index (χ0v) is 15.2. The van der Waals surface area contributed by atoms with E-state index < -0.39 is 24.0 Å². The van der Waals surface area contributed by atoms with Crippen molar-refractivity contribution in [3.63, 3.8) is 0 Å². The van der Waals surface area contributed by atoms with E-state index in [4.69, 9.17) is 16.3 Å². The maximum absolute atomic E-state index is 10.4. The molecule has 0 amide bonds. The predicted octanol–water partition coefficient (Wildman–Crippen LogP) is 3.34. The van der Waals surface area contributed by atoms with Crippen molar-refractivity contribution in [1.82, 2.24) is 5.32 Å². The molecular formula is C20H24ClNO3. The van der Waals surface area contributed by atoms with Crippen molar-refractivity contribution in [3.05, 3.63) is 59.1 Å². The van der Waals surface area contributed by atoms with E-state index in [0.717, 1.165) is 21.7 Å². The number of aliphatic hydroxyl groups is 2. The molecule has 0 unspecified atom stereocenters. The monoisotopic (exact) mass is 361 g/mol. The van der Waals surface area contributed by atoms with Gasteiger partial charge in [-0.3, -0.25) is 0 Å². The number of rotatable bonds is 4. The van der Waals surface area contributed by atoms with E-state index in [1.54, 1.807) is 6.92 Å². The van der Waals surface area contributed by atoms with Crippen LogP contribution >= 0.6 is 11.6 Å². The molecule has 1 aliphatic rings. The summed E-state index contributed by atoms with van der Waals surface area (Å²) in [5, 5.41) is 24.3. The molecule has 5 heteroatoms. The largest absolute Gasteiger partial charge is 0.389 e. The number of aliphatic hydroxyl groups excluding tert-OH is 2. The molecule has 3 N–H and O–H groups in total. The number of nitrogens with one attached hydrogen (secondary N) is 1. The van der Waals surface area contributed by atoms with Crippen molar-refractivity contribution in [2.75, 3.05) is 0 Å². The van der Waals surface area contributed by atoms with Crippen LogP contribution in [0.25, 0.3) is 11.1 Å². The number of hydrogen-bond acceptors (Lipinski definition) is 4. The molecule has 2 aromatic rings. The third-order valence-corrected chi connectivity index (χ3v) is 5.15. The first kappa shape index (κ1) is 18.4. The Bertz CT molecular complexity index is 704. The Hall–Kier alpha value is -1.43. The SMILES string of the molecule is C[C@@H]1O[C@@H](O)C[C@](C)(NCc2ccc(-c3ccc(Cl)cc3)cc2)[C@H]1O. The van der Waals surface area contributed by atoms with Gasteiger partial charge in [-0.15, -0.1) is 0 Å². The highest BCUT2D eigenvalue weighted by Gasteiger charge is 2.43. The highest BCUT2D eigenvalue weighted by atomic mass is 35.5. The first-order valence-electron chi connectivity index (χ1n) is 8.49. The summed E-state index contributed by atoms with van der Waals surface area (Å²) >= 11 is 5.93. The third-order valence-electron chi connectivity index (χ3n) is 4.90. The molecule has 2 aromatic carbocycles. The van der Waals surface area contributed by atoms with Crippen LogP contribution < -0.4 is 5.32 Å². The summed E-state index contributed by atoms with van der Waals surface area (Å²) in [6, 6.07) is 16.0. The zero-order chi connectivity index (χ0) is 18.0. The van der Waals surface area contributed by atoms with Crippen molar-refractivity contribution >= 4 is 11.6 Å². The Morgan fingerprint density at radius 3 is 2.24 bits per heavy atom. The van der Waals surface area contributed by atoms with Gasteiger partial charge in [-0.25, -0.2) is 0 Å². The smallest absolute Gasteiger partial charge is 0.156 e. The molecule has 25 heavy (non-hydrogen) atoms. The molecule has 1 saturated heterocycles. The first-order valence-corrected chi connectivity index (χ1v) is 8.87. The summed E-state index contributed by atoms with van der Waals surface area (Å²) < 4.78 is 5.28. The van der Waals surface area contributed by atoms with Gasteiger partial charge in [-0.05, 0) is 42.7 Å². The molecule has 134 valence electrons. The van der Waals surface area contributed by atoms with Crippen LogP contribution in [0.3, 0.4) is 0 Å². The van der Waals surface area contributed by atoms with Crippen LogP contribution in [0.4, 0.5) is 0 Å². The van der Waals surface area contributed by atoms with Gasteiger partial charge in [0.1, 0.15) is 0 Å². The van der Waals surface area contributed by atoms with Gasteiger partial charge in [0, 0.05) is 23.5 Å². The lowest BCUT2D eigenvalue weighted by Crippen LogP contribution is -2.61. The third kappa shape index (κ3) is 4.22. The average molecular weight is 362 g/mol. The average Bonchev–Trinajstić information content (AvgIpc) is 2.59. The molecule has 0 radical (unpaired) electrons. The van der Waals surface area contributed by atoms with Crippen LogP contribution in [-0.2, 0) is 11.3 Å². The van der Waals surface area contributed by atoms with Gasteiger partial charge in [0.2, 0.25) is 0 Å². The maximum atomic E-state index is 10.4. The predicted molar refractivity (Wildman–Crippen MR) is 99.3 cm³/mol. The standard InChI is InChI=1S/C20H24ClNO3/c1-13-19(24)20(2,11-18(23)25-13)22-12-14-3-5-15(6-4-14)16-7-9-17(21)10-8-16/h3-10,13,18-19,22-24H,11-12H2,1-2H3/t13-,18+,19-,20-/m0/s1. The lowest BCUT2D eigenvalue weighted by atomic mass is 9.85. The second-order valence-electron chi connectivity index (χ2n) is 6.92. The van der Waals surface area contributed by atoms with Crippen LogP contribution in [-0.4, -0.2) is 34.2 Å². The molecule has 0 aliphatic carbocycles. The number of hydrogen-bond donors (Lipinski definition) is 3. The highest BCUT2D eigenvalue weighted by Crippen LogP contribution is 2.29. The van der Waals surface area contributed by atoms with Gasteiger partial charge >= 0.3 is 0 Å². The molecular weight excluding hydrogens is 338 g/mol. The van der Waals surface area contributed by atoms with Crippen molar-refractivity contribution in [2.24, 2.45) is 0 Å². The van der Waals surface area contributed by atoms with Crippen LogP contribution in [0.1, 0.15) is 25.8 Å². The Morgan fingerprint density at radius 2 is 1.64 bits per heavy atom. The summed E-state index contributed by atoms with van der Waals surface area (Å²) in [5.41, 5.74) is 2.76. The van der Waals surface area contributed by atoms with Gasteiger partial charge in [0.25, 0.3) is 0 Å². The molecule has 0 spiro atoms. The lowest BCUT2D eigenvalue weighted by molar-refractivity contribution is -0.221. The maximum Gasteiger partial charge on any atom is 0.156 e. The van der Waals surface area contributed by atoms with Crippen LogP contribution in [0.15, 0.2) is 48.5 Å². The normalized spacial score (nSPS) is 29.6. The second-order valence-corrected chi connectivity index (χ2v) is 7.36. The summed E-state index contributed by atoms with van der Waals surface area (Å²) in [6.45, 7) is 4.30.